The first kappa shape index (κ1) is 10.9. The highest BCUT2D eigenvalue weighted by molar-refractivity contribution is 4.62. The molecule has 0 aliphatic heterocycles. The molecule has 0 heterocycles. The van der Waals surface area contributed by atoms with Crippen LogP contribution in [0.15, 0.2) is 0 Å². The number of hydrogen-bond acceptors (Lipinski definition) is 2. The highest BCUT2D eigenvalue weighted by Crippen LogP contribution is 1.92. The standard InChI is InChI=1S/C9H18O2/c1-8(2)10-6-5-7-11-9(3)4/h8-9H,6-7H2,1-4H3. The van der Waals surface area contributed by atoms with E-state index < -0.39 is 0 Å². The molecule has 2 radical (unpaired) electrons. The summed E-state index contributed by atoms with van der Waals surface area (Å²) < 4.78 is 10.5. The van der Waals surface area contributed by atoms with Crippen molar-refractivity contribution in [3.8, 4) is 0 Å². The molecule has 0 atom stereocenters. The molecule has 0 rings (SSSR count). The van der Waals surface area contributed by atoms with Crippen molar-refractivity contribution in [2.24, 2.45) is 0 Å². The summed E-state index contributed by atoms with van der Waals surface area (Å²) in [5.74, 6) is 0. The Bertz CT molecular complexity index is 69.6. The Labute approximate surface area is 69.9 Å². The summed E-state index contributed by atoms with van der Waals surface area (Å²) in [6.45, 7) is 9.14. The molecule has 2 nitrogen and oxygen atoms in total. The quantitative estimate of drug-likeness (QED) is 0.550. The minimum atomic E-state index is 0.279. The van der Waals surface area contributed by atoms with Crippen LogP contribution in [0.2, 0.25) is 0 Å². The van der Waals surface area contributed by atoms with Crippen LogP contribution in [-0.2, 0) is 9.47 Å². The molecule has 0 spiro atoms. The zero-order valence-electron chi connectivity index (χ0n) is 7.89. The van der Waals surface area contributed by atoms with Crippen LogP contribution in [0.3, 0.4) is 0 Å². The number of rotatable bonds is 6. The fourth-order valence-corrected chi connectivity index (χ4v) is 0.493. The molecule has 0 amide bonds. The summed E-state index contributed by atoms with van der Waals surface area (Å²) in [5.41, 5.74) is 0. The Kier molecular flexibility index (Phi) is 6.57. The molecule has 0 aromatic rings. The van der Waals surface area contributed by atoms with Crippen LogP contribution in [0.4, 0.5) is 0 Å². The summed E-state index contributed by atoms with van der Waals surface area (Å²) in [5, 5.41) is 0. The highest BCUT2D eigenvalue weighted by atomic mass is 16.5. The van der Waals surface area contributed by atoms with Gasteiger partial charge in [0.05, 0.1) is 25.4 Å². The van der Waals surface area contributed by atoms with Gasteiger partial charge >= 0.3 is 0 Å². The van der Waals surface area contributed by atoms with E-state index in [-0.39, 0.29) is 12.2 Å². The molecule has 66 valence electrons. The second kappa shape index (κ2) is 6.62. The Morgan fingerprint density at radius 1 is 0.909 bits per heavy atom. The fourth-order valence-electron chi connectivity index (χ4n) is 0.493. The normalized spacial score (nSPS) is 11.5. The van der Waals surface area contributed by atoms with Gasteiger partial charge in [-0.15, -0.1) is 0 Å². The summed E-state index contributed by atoms with van der Waals surface area (Å²) in [4.78, 5) is 0. The Morgan fingerprint density at radius 3 is 1.55 bits per heavy atom. The Hall–Kier alpha value is -0.0800. The van der Waals surface area contributed by atoms with E-state index in [1.54, 1.807) is 0 Å². The van der Waals surface area contributed by atoms with Gasteiger partial charge in [-0.05, 0) is 27.7 Å². The molecule has 0 unspecified atom stereocenters. The van der Waals surface area contributed by atoms with Gasteiger partial charge in [-0.1, -0.05) is 0 Å². The van der Waals surface area contributed by atoms with Gasteiger partial charge in [-0.3, -0.25) is 0 Å². The van der Waals surface area contributed by atoms with E-state index in [2.05, 4.69) is 6.42 Å². The van der Waals surface area contributed by atoms with Crippen LogP contribution in [-0.4, -0.2) is 25.4 Å². The van der Waals surface area contributed by atoms with Crippen molar-refractivity contribution in [1.82, 2.24) is 0 Å². The lowest BCUT2D eigenvalue weighted by Crippen LogP contribution is -2.10. The molecule has 0 saturated heterocycles. The molecular weight excluding hydrogens is 140 g/mol. The lowest BCUT2D eigenvalue weighted by molar-refractivity contribution is 0.0616. The van der Waals surface area contributed by atoms with E-state index in [4.69, 9.17) is 9.47 Å². The zero-order valence-corrected chi connectivity index (χ0v) is 7.89. The van der Waals surface area contributed by atoms with Crippen LogP contribution in [0.25, 0.3) is 0 Å². The van der Waals surface area contributed by atoms with Crippen molar-refractivity contribution in [2.75, 3.05) is 13.2 Å². The van der Waals surface area contributed by atoms with Crippen LogP contribution in [0.1, 0.15) is 27.7 Å². The van der Waals surface area contributed by atoms with Crippen molar-refractivity contribution in [2.45, 2.75) is 39.9 Å². The van der Waals surface area contributed by atoms with E-state index in [1.165, 1.54) is 0 Å². The second-order valence-corrected chi connectivity index (χ2v) is 2.97. The molecule has 11 heavy (non-hydrogen) atoms. The average Bonchev–Trinajstić information content (AvgIpc) is 1.85. The average molecular weight is 158 g/mol. The maximum absolute atomic E-state index is 5.23. The maximum Gasteiger partial charge on any atom is 0.0562 e. The SMILES string of the molecule is CC(C)OC[C]COC(C)C. The molecule has 0 fully saturated rings. The van der Waals surface area contributed by atoms with Gasteiger partial charge in [0.25, 0.3) is 0 Å². The Morgan fingerprint density at radius 2 is 1.27 bits per heavy atom. The van der Waals surface area contributed by atoms with Gasteiger partial charge in [0.15, 0.2) is 0 Å². The molecule has 0 aliphatic carbocycles. The van der Waals surface area contributed by atoms with Gasteiger partial charge in [-0.25, -0.2) is 0 Å². The monoisotopic (exact) mass is 158 g/mol. The molecule has 2 heteroatoms. The van der Waals surface area contributed by atoms with Gasteiger partial charge in [-0.2, -0.15) is 0 Å². The lowest BCUT2D eigenvalue weighted by atomic mass is 10.4. The van der Waals surface area contributed by atoms with E-state index in [0.29, 0.717) is 13.2 Å². The molecule has 0 aliphatic rings. The van der Waals surface area contributed by atoms with Crippen LogP contribution < -0.4 is 0 Å². The van der Waals surface area contributed by atoms with Gasteiger partial charge < -0.3 is 9.47 Å². The van der Waals surface area contributed by atoms with Crippen molar-refractivity contribution in [3.05, 3.63) is 6.42 Å². The van der Waals surface area contributed by atoms with Gasteiger partial charge in [0.2, 0.25) is 0 Å². The van der Waals surface area contributed by atoms with Crippen LogP contribution in [0, 0.1) is 6.42 Å². The van der Waals surface area contributed by atoms with Crippen molar-refractivity contribution >= 4 is 0 Å². The van der Waals surface area contributed by atoms with Crippen molar-refractivity contribution in [3.63, 3.8) is 0 Å². The first-order valence-electron chi connectivity index (χ1n) is 4.07. The maximum atomic E-state index is 5.23. The third-order valence-corrected chi connectivity index (χ3v) is 1.04. The first-order valence-corrected chi connectivity index (χ1v) is 4.07. The predicted molar refractivity (Wildman–Crippen MR) is 45.4 cm³/mol. The first-order chi connectivity index (χ1) is 5.13. The minimum absolute atomic E-state index is 0.279. The predicted octanol–water partition coefficient (Wildman–Crippen LogP) is 1.92. The van der Waals surface area contributed by atoms with E-state index >= 15 is 0 Å². The fraction of sp³-hybridized carbons (Fsp3) is 0.889. The van der Waals surface area contributed by atoms with Crippen LogP contribution >= 0.6 is 0 Å². The van der Waals surface area contributed by atoms with Gasteiger partial charge in [0.1, 0.15) is 0 Å². The smallest absolute Gasteiger partial charge is 0.0562 e. The second-order valence-electron chi connectivity index (χ2n) is 2.97. The summed E-state index contributed by atoms with van der Waals surface area (Å²) in [6.07, 6.45) is 3.56. The minimum Gasteiger partial charge on any atom is -0.378 e. The van der Waals surface area contributed by atoms with Crippen LogP contribution in [0.5, 0.6) is 0 Å². The highest BCUT2D eigenvalue weighted by Gasteiger charge is 1.95. The summed E-state index contributed by atoms with van der Waals surface area (Å²) in [7, 11) is 0. The molecule has 0 N–H and O–H groups in total. The molecular formula is C9H18O2. The zero-order chi connectivity index (χ0) is 8.69. The molecule has 0 bridgehead atoms. The van der Waals surface area contributed by atoms with E-state index in [1.807, 2.05) is 27.7 Å². The molecule has 0 aromatic carbocycles. The van der Waals surface area contributed by atoms with Crippen molar-refractivity contribution in [1.29, 1.82) is 0 Å². The third kappa shape index (κ3) is 9.92. The Balaban J connectivity index is 2.91. The van der Waals surface area contributed by atoms with E-state index in [9.17, 15) is 0 Å². The summed E-state index contributed by atoms with van der Waals surface area (Å²) in [6, 6.07) is 0. The largest absolute Gasteiger partial charge is 0.378 e. The molecule has 0 aromatic heterocycles. The van der Waals surface area contributed by atoms with Crippen molar-refractivity contribution < 1.29 is 9.47 Å². The lowest BCUT2D eigenvalue weighted by Gasteiger charge is -2.08. The van der Waals surface area contributed by atoms with Gasteiger partial charge in [0, 0.05) is 6.42 Å². The number of hydrogen-bond donors (Lipinski definition) is 0. The topological polar surface area (TPSA) is 18.5 Å². The number of ether oxygens (including phenoxy) is 2. The molecule has 0 saturated carbocycles. The summed E-state index contributed by atoms with van der Waals surface area (Å²) >= 11 is 0. The van der Waals surface area contributed by atoms with E-state index in [0.717, 1.165) is 0 Å². The third-order valence-electron chi connectivity index (χ3n) is 1.04.